The number of imide groups is 1. The Morgan fingerprint density at radius 1 is 0.958 bits per heavy atom. The Balaban J connectivity index is 2.17. The predicted molar refractivity (Wildman–Crippen MR) is 91.0 cm³/mol. The van der Waals surface area contributed by atoms with E-state index in [1.165, 1.54) is 14.2 Å². The molecular weight excluding hydrogens is 308 g/mol. The Labute approximate surface area is 139 Å². The monoisotopic (exact) mass is 326 g/mol. The van der Waals surface area contributed by atoms with Crippen molar-refractivity contribution in [3.63, 3.8) is 0 Å². The van der Waals surface area contributed by atoms with Crippen LogP contribution in [0.1, 0.15) is 31.8 Å². The van der Waals surface area contributed by atoms with Crippen LogP contribution in [0, 0.1) is 13.8 Å². The SMILES string of the molecule is COc1ccc2c(c1)C(=O)N(c1cc(C)c(C)c(OC)c1N)C2=O. The van der Waals surface area contributed by atoms with Gasteiger partial charge in [0.25, 0.3) is 11.8 Å². The van der Waals surface area contributed by atoms with Crippen LogP contribution in [-0.2, 0) is 0 Å². The number of aryl methyl sites for hydroxylation is 1. The smallest absolute Gasteiger partial charge is 0.266 e. The molecule has 0 unspecified atom stereocenters. The van der Waals surface area contributed by atoms with Crippen molar-refractivity contribution in [3.05, 3.63) is 46.5 Å². The third-order valence-electron chi connectivity index (χ3n) is 4.34. The summed E-state index contributed by atoms with van der Waals surface area (Å²) in [4.78, 5) is 26.6. The van der Waals surface area contributed by atoms with Crippen LogP contribution in [0.2, 0.25) is 0 Å². The fraction of sp³-hybridized carbons (Fsp3) is 0.222. The zero-order valence-corrected chi connectivity index (χ0v) is 14.0. The molecule has 0 saturated carbocycles. The maximum atomic E-state index is 12.8. The molecule has 24 heavy (non-hydrogen) atoms. The van der Waals surface area contributed by atoms with E-state index in [-0.39, 0.29) is 5.69 Å². The molecule has 0 aromatic heterocycles. The first-order valence-electron chi connectivity index (χ1n) is 7.41. The van der Waals surface area contributed by atoms with Crippen LogP contribution in [0.25, 0.3) is 0 Å². The van der Waals surface area contributed by atoms with E-state index in [4.69, 9.17) is 15.2 Å². The van der Waals surface area contributed by atoms with E-state index < -0.39 is 11.8 Å². The van der Waals surface area contributed by atoms with Crippen LogP contribution in [-0.4, -0.2) is 26.0 Å². The number of hydrogen-bond donors (Lipinski definition) is 1. The molecule has 6 heteroatoms. The van der Waals surface area contributed by atoms with E-state index in [1.54, 1.807) is 24.3 Å². The van der Waals surface area contributed by atoms with E-state index in [9.17, 15) is 9.59 Å². The summed E-state index contributed by atoms with van der Waals surface area (Å²) in [5.74, 6) is 0.155. The van der Waals surface area contributed by atoms with Crippen molar-refractivity contribution in [3.8, 4) is 11.5 Å². The van der Waals surface area contributed by atoms with Gasteiger partial charge in [0, 0.05) is 0 Å². The Kier molecular flexibility index (Phi) is 3.67. The second-order valence-electron chi connectivity index (χ2n) is 5.64. The van der Waals surface area contributed by atoms with Crippen molar-refractivity contribution in [2.45, 2.75) is 13.8 Å². The number of fused-ring (bicyclic) bond motifs is 1. The van der Waals surface area contributed by atoms with Crippen LogP contribution >= 0.6 is 0 Å². The molecule has 1 aliphatic heterocycles. The third-order valence-corrected chi connectivity index (χ3v) is 4.34. The lowest BCUT2D eigenvalue weighted by molar-refractivity contribution is 0.0926. The predicted octanol–water partition coefficient (Wildman–Crippen LogP) is 2.70. The van der Waals surface area contributed by atoms with E-state index in [1.807, 2.05) is 13.8 Å². The minimum atomic E-state index is -0.425. The standard InChI is InChI=1S/C18H18N2O4/c1-9-7-14(15(19)16(24-4)10(9)2)20-17(21)12-6-5-11(23-3)8-13(12)18(20)22/h5-8H,19H2,1-4H3. The number of carbonyl (C=O) groups is 2. The zero-order chi connectivity index (χ0) is 17.6. The third kappa shape index (κ3) is 2.11. The summed E-state index contributed by atoms with van der Waals surface area (Å²) < 4.78 is 10.5. The second kappa shape index (κ2) is 5.56. The average molecular weight is 326 g/mol. The molecule has 2 aromatic carbocycles. The van der Waals surface area contributed by atoms with Gasteiger partial charge in [0.05, 0.1) is 36.7 Å². The summed E-state index contributed by atoms with van der Waals surface area (Å²) >= 11 is 0. The number of nitrogens with two attached hydrogens (primary N) is 1. The van der Waals surface area contributed by atoms with Crippen LogP contribution < -0.4 is 20.1 Å². The van der Waals surface area contributed by atoms with Gasteiger partial charge >= 0.3 is 0 Å². The number of nitrogen functional groups attached to an aromatic ring is 1. The number of methoxy groups -OCH3 is 2. The molecular formula is C18H18N2O4. The van der Waals surface area contributed by atoms with E-state index in [0.29, 0.717) is 28.3 Å². The molecule has 0 fully saturated rings. The number of hydrogen-bond acceptors (Lipinski definition) is 5. The number of anilines is 2. The number of carbonyl (C=O) groups excluding carboxylic acids is 2. The number of rotatable bonds is 3. The average Bonchev–Trinajstić information content (AvgIpc) is 2.82. The molecule has 0 aliphatic carbocycles. The lowest BCUT2D eigenvalue weighted by atomic mass is 10.1. The molecule has 1 aliphatic rings. The Morgan fingerprint density at radius 2 is 1.62 bits per heavy atom. The van der Waals surface area contributed by atoms with Gasteiger partial charge in [-0.05, 0) is 49.2 Å². The lowest BCUT2D eigenvalue weighted by Crippen LogP contribution is -2.30. The van der Waals surface area contributed by atoms with Gasteiger partial charge in [0.1, 0.15) is 11.5 Å². The second-order valence-corrected chi connectivity index (χ2v) is 5.64. The van der Waals surface area contributed by atoms with Gasteiger partial charge < -0.3 is 15.2 Å². The normalized spacial score (nSPS) is 13.2. The van der Waals surface area contributed by atoms with Crippen LogP contribution in [0.5, 0.6) is 11.5 Å². The van der Waals surface area contributed by atoms with Crippen molar-refractivity contribution < 1.29 is 19.1 Å². The van der Waals surface area contributed by atoms with Gasteiger partial charge in [-0.1, -0.05) is 0 Å². The topological polar surface area (TPSA) is 81.9 Å². The maximum Gasteiger partial charge on any atom is 0.266 e. The zero-order valence-electron chi connectivity index (χ0n) is 14.0. The highest BCUT2D eigenvalue weighted by molar-refractivity contribution is 6.35. The van der Waals surface area contributed by atoms with Gasteiger partial charge in [-0.2, -0.15) is 0 Å². The number of benzene rings is 2. The van der Waals surface area contributed by atoms with Gasteiger partial charge in [-0.3, -0.25) is 9.59 Å². The molecule has 2 aromatic rings. The molecule has 0 saturated heterocycles. The van der Waals surface area contributed by atoms with Crippen molar-refractivity contribution >= 4 is 23.2 Å². The van der Waals surface area contributed by atoms with Gasteiger partial charge in [-0.25, -0.2) is 4.90 Å². The highest BCUT2D eigenvalue weighted by atomic mass is 16.5. The summed E-state index contributed by atoms with van der Waals surface area (Å²) in [7, 11) is 3.02. The first kappa shape index (κ1) is 15.9. The number of amides is 2. The fourth-order valence-corrected chi connectivity index (χ4v) is 2.90. The Bertz CT molecular complexity index is 874. The minimum absolute atomic E-state index is 0.266. The van der Waals surface area contributed by atoms with Crippen LogP contribution in [0.15, 0.2) is 24.3 Å². The van der Waals surface area contributed by atoms with E-state index in [2.05, 4.69) is 0 Å². The Morgan fingerprint density at radius 3 is 2.25 bits per heavy atom. The minimum Gasteiger partial charge on any atom is -0.497 e. The molecule has 1 heterocycles. The summed E-state index contributed by atoms with van der Waals surface area (Å²) in [5, 5.41) is 0. The van der Waals surface area contributed by atoms with Crippen molar-refractivity contribution in [1.82, 2.24) is 0 Å². The largest absolute Gasteiger partial charge is 0.497 e. The Hall–Kier alpha value is -3.02. The highest BCUT2D eigenvalue weighted by Gasteiger charge is 2.38. The van der Waals surface area contributed by atoms with Crippen molar-refractivity contribution in [2.24, 2.45) is 0 Å². The summed E-state index contributed by atoms with van der Waals surface area (Å²) in [6, 6.07) is 6.52. The summed E-state index contributed by atoms with van der Waals surface area (Å²) in [6.07, 6.45) is 0. The van der Waals surface area contributed by atoms with Crippen molar-refractivity contribution in [2.75, 3.05) is 24.9 Å². The number of ether oxygens (including phenoxy) is 2. The molecule has 3 rings (SSSR count). The molecule has 6 nitrogen and oxygen atoms in total. The summed E-state index contributed by atoms with van der Waals surface area (Å²) in [5.41, 5.74) is 9.15. The quantitative estimate of drug-likeness (QED) is 0.693. The van der Waals surface area contributed by atoms with Crippen LogP contribution in [0.4, 0.5) is 11.4 Å². The maximum absolute atomic E-state index is 12.8. The van der Waals surface area contributed by atoms with Crippen molar-refractivity contribution in [1.29, 1.82) is 0 Å². The summed E-state index contributed by atoms with van der Waals surface area (Å²) in [6.45, 7) is 3.75. The first-order chi connectivity index (χ1) is 11.4. The van der Waals surface area contributed by atoms with Gasteiger partial charge in [0.2, 0.25) is 0 Å². The first-order valence-corrected chi connectivity index (χ1v) is 7.41. The molecule has 2 N–H and O–H groups in total. The molecule has 0 spiro atoms. The van der Waals surface area contributed by atoms with E-state index in [0.717, 1.165) is 16.0 Å². The molecule has 124 valence electrons. The molecule has 0 bridgehead atoms. The van der Waals surface area contributed by atoms with Gasteiger partial charge in [0.15, 0.2) is 0 Å². The molecule has 2 amide bonds. The molecule has 0 atom stereocenters. The van der Waals surface area contributed by atoms with Gasteiger partial charge in [-0.15, -0.1) is 0 Å². The number of nitrogens with zero attached hydrogens (tertiary/aromatic N) is 1. The van der Waals surface area contributed by atoms with E-state index >= 15 is 0 Å². The molecule has 0 radical (unpaired) electrons. The van der Waals surface area contributed by atoms with Crippen LogP contribution in [0.3, 0.4) is 0 Å². The fourth-order valence-electron chi connectivity index (χ4n) is 2.90. The lowest BCUT2D eigenvalue weighted by Gasteiger charge is -2.20. The highest BCUT2D eigenvalue weighted by Crippen LogP contribution is 2.40.